The lowest BCUT2D eigenvalue weighted by Gasteiger charge is -2.28. The lowest BCUT2D eigenvalue weighted by atomic mass is 10.2. The summed E-state index contributed by atoms with van der Waals surface area (Å²) in [4.78, 5) is 24.7. The van der Waals surface area contributed by atoms with E-state index in [1.54, 1.807) is 23.1 Å². The van der Waals surface area contributed by atoms with Gasteiger partial charge in [-0.3, -0.25) is 4.79 Å². The predicted molar refractivity (Wildman–Crippen MR) is 107 cm³/mol. The Morgan fingerprint density at radius 3 is 2.62 bits per heavy atom. The Labute approximate surface area is 173 Å². The molecular formula is C19H21ClN6O3. The minimum Gasteiger partial charge on any atom is -0.495 e. The van der Waals surface area contributed by atoms with Crippen LogP contribution in [0.4, 0.5) is 0 Å². The number of ether oxygens (including phenoxy) is 2. The van der Waals surface area contributed by atoms with Gasteiger partial charge in [0.2, 0.25) is 5.88 Å². The Bertz CT molecular complexity index is 949. The molecule has 9 nitrogen and oxygen atoms in total. The SMILES string of the molecule is CCN(C(=O)c1cc(OC)cnc1-n1nccn1)C(C)COc1ccc(Cl)cn1. The van der Waals surface area contributed by atoms with E-state index in [1.165, 1.54) is 36.7 Å². The third-order valence-electron chi connectivity index (χ3n) is 4.22. The van der Waals surface area contributed by atoms with Crippen molar-refractivity contribution in [3.05, 3.63) is 53.6 Å². The third kappa shape index (κ3) is 4.80. The molecule has 3 aromatic heterocycles. The van der Waals surface area contributed by atoms with Crippen LogP contribution in [0.2, 0.25) is 5.02 Å². The standard InChI is InChI=1S/C19H21ClN6O3/c1-4-25(13(2)12-29-17-6-5-14(20)10-21-17)19(27)16-9-15(28-3)11-22-18(16)26-23-7-8-24-26/h5-11,13H,4,12H2,1-3H3. The number of methoxy groups -OCH3 is 1. The van der Waals surface area contributed by atoms with Crippen molar-refractivity contribution in [3.63, 3.8) is 0 Å². The van der Waals surface area contributed by atoms with Gasteiger partial charge in [-0.1, -0.05) is 11.6 Å². The maximum Gasteiger partial charge on any atom is 0.258 e. The molecule has 1 unspecified atom stereocenters. The van der Waals surface area contributed by atoms with Crippen molar-refractivity contribution >= 4 is 17.5 Å². The number of amides is 1. The third-order valence-corrected chi connectivity index (χ3v) is 4.45. The van der Waals surface area contributed by atoms with Gasteiger partial charge in [0.15, 0.2) is 5.82 Å². The van der Waals surface area contributed by atoms with Gasteiger partial charge in [0, 0.05) is 18.8 Å². The molecule has 3 aromatic rings. The van der Waals surface area contributed by atoms with Gasteiger partial charge in [0.05, 0.1) is 42.3 Å². The molecule has 0 saturated heterocycles. The molecule has 0 saturated carbocycles. The summed E-state index contributed by atoms with van der Waals surface area (Å²) >= 11 is 5.84. The minimum absolute atomic E-state index is 0.227. The Kier molecular flexibility index (Phi) is 6.61. The van der Waals surface area contributed by atoms with E-state index in [-0.39, 0.29) is 18.6 Å². The van der Waals surface area contributed by atoms with Crippen LogP contribution in [0.3, 0.4) is 0 Å². The zero-order valence-electron chi connectivity index (χ0n) is 16.3. The van der Waals surface area contributed by atoms with Crippen molar-refractivity contribution < 1.29 is 14.3 Å². The van der Waals surface area contributed by atoms with Gasteiger partial charge in [-0.05, 0) is 26.0 Å². The summed E-state index contributed by atoms with van der Waals surface area (Å²) < 4.78 is 10.9. The van der Waals surface area contributed by atoms with Gasteiger partial charge in [-0.15, -0.1) is 4.80 Å². The Hall–Kier alpha value is -3.20. The molecule has 0 aromatic carbocycles. The zero-order chi connectivity index (χ0) is 20.8. The van der Waals surface area contributed by atoms with E-state index in [9.17, 15) is 4.79 Å². The minimum atomic E-state index is -0.230. The van der Waals surface area contributed by atoms with Gasteiger partial charge in [-0.25, -0.2) is 9.97 Å². The predicted octanol–water partition coefficient (Wildman–Crippen LogP) is 2.65. The number of rotatable bonds is 8. The number of likely N-dealkylation sites (N-methyl/N-ethyl adjacent to an activating group) is 1. The van der Waals surface area contributed by atoms with Gasteiger partial charge in [0.1, 0.15) is 12.4 Å². The highest BCUT2D eigenvalue weighted by Gasteiger charge is 2.25. The van der Waals surface area contributed by atoms with E-state index in [2.05, 4.69) is 20.2 Å². The maximum absolute atomic E-state index is 13.3. The van der Waals surface area contributed by atoms with Crippen LogP contribution in [0.1, 0.15) is 24.2 Å². The summed E-state index contributed by atoms with van der Waals surface area (Å²) in [5.41, 5.74) is 0.332. The van der Waals surface area contributed by atoms with Crippen molar-refractivity contribution in [3.8, 4) is 17.4 Å². The van der Waals surface area contributed by atoms with Crippen molar-refractivity contribution in [2.75, 3.05) is 20.3 Å². The molecule has 0 bridgehead atoms. The highest BCUT2D eigenvalue weighted by atomic mass is 35.5. The van der Waals surface area contributed by atoms with Crippen molar-refractivity contribution in [2.24, 2.45) is 0 Å². The number of carbonyl (C=O) groups excluding carboxylic acids is 1. The quantitative estimate of drug-likeness (QED) is 0.557. The average Bonchev–Trinajstić information content (AvgIpc) is 3.28. The number of halogens is 1. The number of pyridine rings is 2. The first-order chi connectivity index (χ1) is 14.0. The van der Waals surface area contributed by atoms with Crippen LogP contribution in [0.5, 0.6) is 11.6 Å². The first-order valence-electron chi connectivity index (χ1n) is 8.99. The van der Waals surface area contributed by atoms with E-state index in [0.29, 0.717) is 34.6 Å². The van der Waals surface area contributed by atoms with Gasteiger partial charge in [-0.2, -0.15) is 10.2 Å². The van der Waals surface area contributed by atoms with Gasteiger partial charge < -0.3 is 14.4 Å². The molecule has 1 amide bonds. The summed E-state index contributed by atoms with van der Waals surface area (Å²) in [6.07, 6.45) is 6.07. The Morgan fingerprint density at radius 1 is 1.24 bits per heavy atom. The first kappa shape index (κ1) is 20.5. The maximum atomic E-state index is 13.3. The van der Waals surface area contributed by atoms with Crippen LogP contribution in [0.25, 0.3) is 5.82 Å². The van der Waals surface area contributed by atoms with E-state index < -0.39 is 0 Å². The van der Waals surface area contributed by atoms with Crippen molar-refractivity contribution in [1.29, 1.82) is 0 Å². The summed E-state index contributed by atoms with van der Waals surface area (Å²) in [6, 6.07) is 4.78. The second-order valence-electron chi connectivity index (χ2n) is 6.13. The topological polar surface area (TPSA) is 95.3 Å². The zero-order valence-corrected chi connectivity index (χ0v) is 17.1. The first-order valence-corrected chi connectivity index (χ1v) is 9.37. The van der Waals surface area contributed by atoms with Crippen molar-refractivity contribution in [1.82, 2.24) is 29.9 Å². The van der Waals surface area contributed by atoms with E-state index in [4.69, 9.17) is 21.1 Å². The number of hydrogen-bond donors (Lipinski definition) is 0. The number of carbonyl (C=O) groups is 1. The highest BCUT2D eigenvalue weighted by molar-refractivity contribution is 6.30. The summed E-state index contributed by atoms with van der Waals surface area (Å²) in [5.74, 6) is 1.00. The molecular weight excluding hydrogens is 396 g/mol. The number of hydrogen-bond acceptors (Lipinski definition) is 7. The molecule has 3 heterocycles. The van der Waals surface area contributed by atoms with Crippen LogP contribution in [-0.2, 0) is 0 Å². The molecule has 0 aliphatic heterocycles. The van der Waals surface area contributed by atoms with E-state index >= 15 is 0 Å². The average molecular weight is 417 g/mol. The van der Waals surface area contributed by atoms with Crippen LogP contribution in [0.15, 0.2) is 43.0 Å². The normalized spacial score (nSPS) is 11.7. The molecule has 10 heteroatoms. The molecule has 0 aliphatic carbocycles. The summed E-state index contributed by atoms with van der Waals surface area (Å²) in [7, 11) is 1.52. The molecule has 152 valence electrons. The van der Waals surface area contributed by atoms with Crippen LogP contribution >= 0.6 is 11.6 Å². The second kappa shape index (κ2) is 9.33. The summed E-state index contributed by atoms with van der Waals surface area (Å²) in [5, 5.41) is 8.70. The van der Waals surface area contributed by atoms with E-state index in [0.717, 1.165) is 0 Å². The molecule has 0 radical (unpaired) electrons. The lowest BCUT2D eigenvalue weighted by Crippen LogP contribution is -2.42. The van der Waals surface area contributed by atoms with E-state index in [1.807, 2.05) is 13.8 Å². The molecule has 0 N–H and O–H groups in total. The molecule has 29 heavy (non-hydrogen) atoms. The Balaban J connectivity index is 1.82. The van der Waals surface area contributed by atoms with Crippen LogP contribution in [-0.4, -0.2) is 62.1 Å². The fraction of sp³-hybridized carbons (Fsp3) is 0.316. The molecule has 0 spiro atoms. The van der Waals surface area contributed by atoms with Gasteiger partial charge in [0.25, 0.3) is 5.91 Å². The number of aromatic nitrogens is 5. The summed E-state index contributed by atoms with van der Waals surface area (Å²) in [6.45, 7) is 4.53. The smallest absolute Gasteiger partial charge is 0.258 e. The van der Waals surface area contributed by atoms with Crippen molar-refractivity contribution in [2.45, 2.75) is 19.9 Å². The second-order valence-corrected chi connectivity index (χ2v) is 6.57. The molecule has 0 fully saturated rings. The fourth-order valence-corrected chi connectivity index (χ4v) is 2.86. The lowest BCUT2D eigenvalue weighted by molar-refractivity contribution is 0.0645. The molecule has 3 rings (SSSR count). The molecule has 1 atom stereocenters. The molecule has 0 aliphatic rings. The number of nitrogens with zero attached hydrogens (tertiary/aromatic N) is 6. The monoisotopic (exact) mass is 416 g/mol. The highest BCUT2D eigenvalue weighted by Crippen LogP contribution is 2.20. The fourth-order valence-electron chi connectivity index (χ4n) is 2.75. The van der Waals surface area contributed by atoms with Crippen LogP contribution < -0.4 is 9.47 Å². The van der Waals surface area contributed by atoms with Crippen LogP contribution in [0, 0.1) is 0 Å². The van der Waals surface area contributed by atoms with Gasteiger partial charge >= 0.3 is 0 Å². The largest absolute Gasteiger partial charge is 0.495 e. The Morgan fingerprint density at radius 2 is 2.00 bits per heavy atom.